The topological polar surface area (TPSA) is 49.9 Å². The molecule has 0 radical (unpaired) electrons. The fraction of sp³-hybridized carbons (Fsp3) is 0.467. The van der Waals surface area contributed by atoms with Crippen molar-refractivity contribution in [1.29, 1.82) is 0 Å². The Morgan fingerprint density at radius 2 is 2.10 bits per heavy atom. The standard InChI is InChI=1S/C15H19BrN2O3/c1-17(15(20)21-2)10-14(19)18(13-6-7-13)9-11-4-3-5-12(16)8-11/h3-5,8,13H,6-7,9-10H2,1-2H3. The van der Waals surface area contributed by atoms with Crippen molar-refractivity contribution in [3.63, 3.8) is 0 Å². The number of amides is 2. The SMILES string of the molecule is COC(=O)N(C)CC(=O)N(Cc1cccc(Br)c1)C1CC1. The van der Waals surface area contributed by atoms with Crippen LogP contribution in [-0.2, 0) is 16.1 Å². The maximum absolute atomic E-state index is 12.4. The van der Waals surface area contributed by atoms with Crippen molar-refractivity contribution in [2.24, 2.45) is 0 Å². The second-order valence-corrected chi connectivity index (χ2v) is 6.12. The van der Waals surface area contributed by atoms with Crippen molar-refractivity contribution in [3.05, 3.63) is 34.3 Å². The van der Waals surface area contributed by atoms with Gasteiger partial charge in [-0.2, -0.15) is 0 Å². The maximum atomic E-state index is 12.4. The number of methoxy groups -OCH3 is 1. The van der Waals surface area contributed by atoms with Crippen LogP contribution in [0.15, 0.2) is 28.7 Å². The maximum Gasteiger partial charge on any atom is 0.409 e. The molecule has 1 aliphatic rings. The molecule has 114 valence electrons. The first kappa shape index (κ1) is 15.8. The first-order valence-corrected chi connectivity index (χ1v) is 7.63. The smallest absolute Gasteiger partial charge is 0.409 e. The number of carbonyl (C=O) groups excluding carboxylic acids is 2. The minimum absolute atomic E-state index is 0.0389. The first-order chi connectivity index (χ1) is 10.0. The Labute approximate surface area is 133 Å². The number of rotatable bonds is 5. The third-order valence-corrected chi connectivity index (χ3v) is 3.90. The van der Waals surface area contributed by atoms with Crippen molar-refractivity contribution in [2.75, 3.05) is 20.7 Å². The van der Waals surface area contributed by atoms with E-state index in [2.05, 4.69) is 20.7 Å². The quantitative estimate of drug-likeness (QED) is 0.816. The van der Waals surface area contributed by atoms with Gasteiger partial charge in [0.15, 0.2) is 0 Å². The highest BCUT2D eigenvalue weighted by Crippen LogP contribution is 2.29. The number of ether oxygens (including phenoxy) is 1. The first-order valence-electron chi connectivity index (χ1n) is 6.84. The second-order valence-electron chi connectivity index (χ2n) is 5.21. The number of carbonyl (C=O) groups is 2. The molecular weight excluding hydrogens is 336 g/mol. The molecule has 21 heavy (non-hydrogen) atoms. The summed E-state index contributed by atoms with van der Waals surface area (Å²) in [6, 6.07) is 8.21. The van der Waals surface area contributed by atoms with Gasteiger partial charge < -0.3 is 14.5 Å². The lowest BCUT2D eigenvalue weighted by Gasteiger charge is -2.25. The molecule has 2 amide bonds. The van der Waals surface area contributed by atoms with Crippen LogP contribution in [-0.4, -0.2) is 48.5 Å². The number of nitrogens with zero attached hydrogens (tertiary/aromatic N) is 2. The van der Waals surface area contributed by atoms with Crippen LogP contribution in [0.1, 0.15) is 18.4 Å². The zero-order chi connectivity index (χ0) is 15.4. The van der Waals surface area contributed by atoms with Gasteiger partial charge in [-0.25, -0.2) is 4.79 Å². The molecule has 0 unspecified atom stereocenters. The molecule has 0 aliphatic heterocycles. The van der Waals surface area contributed by atoms with Crippen LogP contribution in [0.5, 0.6) is 0 Å². The third kappa shape index (κ3) is 4.46. The third-order valence-electron chi connectivity index (χ3n) is 3.41. The van der Waals surface area contributed by atoms with Crippen molar-refractivity contribution in [3.8, 4) is 0 Å². The van der Waals surface area contributed by atoms with Crippen molar-refractivity contribution in [1.82, 2.24) is 9.80 Å². The summed E-state index contributed by atoms with van der Waals surface area (Å²) < 4.78 is 5.61. The van der Waals surface area contributed by atoms with Crippen molar-refractivity contribution in [2.45, 2.75) is 25.4 Å². The van der Waals surface area contributed by atoms with Gasteiger partial charge in [0, 0.05) is 24.1 Å². The zero-order valence-corrected chi connectivity index (χ0v) is 13.8. The van der Waals surface area contributed by atoms with E-state index in [1.807, 2.05) is 29.2 Å². The second kappa shape index (κ2) is 6.93. The highest BCUT2D eigenvalue weighted by atomic mass is 79.9. The molecule has 1 aromatic carbocycles. The van der Waals surface area contributed by atoms with E-state index >= 15 is 0 Å². The van der Waals surface area contributed by atoms with Crippen LogP contribution in [0.4, 0.5) is 4.79 Å². The van der Waals surface area contributed by atoms with Gasteiger partial charge in [0.05, 0.1) is 7.11 Å². The largest absolute Gasteiger partial charge is 0.453 e. The summed E-state index contributed by atoms with van der Waals surface area (Å²) in [5.41, 5.74) is 1.07. The highest BCUT2D eigenvalue weighted by Gasteiger charge is 2.33. The normalized spacial score (nSPS) is 13.7. The number of likely N-dealkylation sites (N-methyl/N-ethyl adjacent to an activating group) is 1. The molecule has 0 bridgehead atoms. The molecule has 0 atom stereocenters. The molecule has 0 aromatic heterocycles. The number of hydrogen-bond acceptors (Lipinski definition) is 3. The summed E-state index contributed by atoms with van der Waals surface area (Å²) in [4.78, 5) is 26.9. The Hall–Kier alpha value is -1.56. The van der Waals surface area contributed by atoms with Crippen LogP contribution >= 0.6 is 15.9 Å². The Morgan fingerprint density at radius 1 is 1.38 bits per heavy atom. The van der Waals surface area contributed by atoms with E-state index in [-0.39, 0.29) is 12.5 Å². The molecule has 6 heteroatoms. The summed E-state index contributed by atoms with van der Waals surface area (Å²) >= 11 is 3.44. The number of hydrogen-bond donors (Lipinski definition) is 0. The molecule has 5 nitrogen and oxygen atoms in total. The van der Waals surface area contributed by atoms with Gasteiger partial charge in [-0.1, -0.05) is 28.1 Å². The van der Waals surface area contributed by atoms with Crippen LogP contribution < -0.4 is 0 Å². The number of benzene rings is 1. The van der Waals surface area contributed by atoms with Gasteiger partial charge in [0.25, 0.3) is 0 Å². The summed E-state index contributed by atoms with van der Waals surface area (Å²) in [5.74, 6) is -0.0506. The van der Waals surface area contributed by atoms with E-state index in [9.17, 15) is 9.59 Å². The minimum Gasteiger partial charge on any atom is -0.453 e. The van der Waals surface area contributed by atoms with Gasteiger partial charge in [0.1, 0.15) is 6.54 Å². The Morgan fingerprint density at radius 3 is 2.67 bits per heavy atom. The van der Waals surface area contributed by atoms with Crippen LogP contribution in [0.3, 0.4) is 0 Å². The molecule has 1 fully saturated rings. The molecule has 2 rings (SSSR count). The summed E-state index contributed by atoms with van der Waals surface area (Å²) in [5, 5.41) is 0. The van der Waals surface area contributed by atoms with E-state index < -0.39 is 6.09 Å². The van der Waals surface area contributed by atoms with Crippen LogP contribution in [0.2, 0.25) is 0 Å². The Kier molecular flexibility index (Phi) is 5.22. The predicted octanol–water partition coefficient (Wildman–Crippen LogP) is 2.64. The molecule has 1 aromatic rings. The zero-order valence-electron chi connectivity index (χ0n) is 12.2. The van der Waals surface area contributed by atoms with E-state index in [0.29, 0.717) is 12.6 Å². The molecule has 0 saturated heterocycles. The van der Waals surface area contributed by atoms with E-state index in [1.54, 1.807) is 7.05 Å². The van der Waals surface area contributed by atoms with Crippen molar-refractivity contribution >= 4 is 27.9 Å². The molecular formula is C15H19BrN2O3. The average molecular weight is 355 g/mol. The van der Waals surface area contributed by atoms with E-state index in [0.717, 1.165) is 22.9 Å². The van der Waals surface area contributed by atoms with Gasteiger partial charge in [0.2, 0.25) is 5.91 Å². The van der Waals surface area contributed by atoms with E-state index in [1.165, 1.54) is 12.0 Å². The fourth-order valence-corrected chi connectivity index (χ4v) is 2.60. The lowest BCUT2D eigenvalue weighted by Crippen LogP contribution is -2.41. The van der Waals surface area contributed by atoms with Crippen LogP contribution in [0, 0.1) is 0 Å². The predicted molar refractivity (Wildman–Crippen MR) is 82.7 cm³/mol. The molecule has 0 heterocycles. The summed E-state index contributed by atoms with van der Waals surface area (Å²) in [6.45, 7) is 0.606. The minimum atomic E-state index is -0.499. The lowest BCUT2D eigenvalue weighted by atomic mass is 10.2. The lowest BCUT2D eigenvalue weighted by molar-refractivity contribution is -0.133. The molecule has 0 spiro atoms. The Bertz CT molecular complexity index is 531. The summed E-state index contributed by atoms with van der Waals surface area (Å²) in [6.07, 6.45) is 1.56. The summed E-state index contributed by atoms with van der Waals surface area (Å²) in [7, 11) is 2.87. The average Bonchev–Trinajstić information content (AvgIpc) is 3.28. The Balaban J connectivity index is 2.02. The highest BCUT2D eigenvalue weighted by molar-refractivity contribution is 9.10. The molecule has 0 N–H and O–H groups in total. The monoisotopic (exact) mass is 354 g/mol. The van der Waals surface area contributed by atoms with Gasteiger partial charge in [-0.3, -0.25) is 4.79 Å². The van der Waals surface area contributed by atoms with Gasteiger partial charge in [-0.15, -0.1) is 0 Å². The molecule has 1 saturated carbocycles. The van der Waals surface area contributed by atoms with Crippen LogP contribution in [0.25, 0.3) is 0 Å². The molecule has 1 aliphatic carbocycles. The van der Waals surface area contributed by atoms with Crippen molar-refractivity contribution < 1.29 is 14.3 Å². The van der Waals surface area contributed by atoms with Gasteiger partial charge in [-0.05, 0) is 30.5 Å². The van der Waals surface area contributed by atoms with E-state index in [4.69, 9.17) is 0 Å². The fourth-order valence-electron chi connectivity index (χ4n) is 2.15. The number of halogens is 1. The van der Waals surface area contributed by atoms with Gasteiger partial charge >= 0.3 is 6.09 Å².